The number of nitrogens with zero attached hydrogens (tertiary/aromatic N) is 4. The standard InChI is InChI=1S/C11H15N4O7PS/c1-24-10-6-9(12-3-13-10)15(4-14-6)11-8(17)7(16)5(22-11)2-21-23(18,19)20/h3-5,7-8,11,16-17H,2H2,1H3,(H2,18,19,20)/t5-,7-,8-,11-/m1/s1/i6+1,9+1,14+1. The lowest BCUT2D eigenvalue weighted by molar-refractivity contribution is -0.0504. The van der Waals surface area contributed by atoms with Crippen LogP contribution in [-0.2, 0) is 13.8 Å². The maximum atomic E-state index is 10.8. The van der Waals surface area contributed by atoms with Crippen LogP contribution in [-0.4, -0.2) is 70.7 Å². The van der Waals surface area contributed by atoms with Gasteiger partial charge in [-0.15, -0.1) is 11.8 Å². The number of phosphoric acid groups is 1. The van der Waals surface area contributed by atoms with Crippen molar-refractivity contribution in [2.45, 2.75) is 29.6 Å². The van der Waals surface area contributed by atoms with E-state index in [0.29, 0.717) is 16.2 Å². The van der Waals surface area contributed by atoms with Crippen LogP contribution < -0.4 is 0 Å². The Morgan fingerprint density at radius 1 is 1.33 bits per heavy atom. The highest BCUT2D eigenvalue weighted by Gasteiger charge is 2.45. The first-order valence-electron chi connectivity index (χ1n) is 6.75. The largest absolute Gasteiger partial charge is 0.469 e. The number of fused-ring (bicyclic) bond motifs is 1. The van der Waals surface area contributed by atoms with Crippen molar-refractivity contribution >= 4 is 30.7 Å². The summed E-state index contributed by atoms with van der Waals surface area (Å²) in [6, 6.07) is 0. The monoisotopic (exact) mass is 381 g/mol. The van der Waals surface area contributed by atoms with Crippen molar-refractivity contribution in [2.75, 3.05) is 12.9 Å². The van der Waals surface area contributed by atoms with E-state index in [0.717, 1.165) is 0 Å². The molecule has 0 unspecified atom stereocenters. The normalized spacial score (nSPS) is 27.9. The fraction of sp³-hybridized carbons (Fsp3) is 0.545. The van der Waals surface area contributed by atoms with Crippen LogP contribution in [0.1, 0.15) is 6.23 Å². The first-order chi connectivity index (χ1) is 11.3. The van der Waals surface area contributed by atoms with Crippen LogP contribution in [0.25, 0.3) is 11.2 Å². The van der Waals surface area contributed by atoms with Gasteiger partial charge in [0.2, 0.25) is 0 Å². The van der Waals surface area contributed by atoms with E-state index in [1.807, 2.05) is 6.26 Å². The predicted molar refractivity (Wildman–Crippen MR) is 81.0 cm³/mol. The van der Waals surface area contributed by atoms with E-state index < -0.39 is 39.0 Å². The van der Waals surface area contributed by atoms with Gasteiger partial charge in [0.25, 0.3) is 0 Å². The number of phosphoric ester groups is 1. The molecule has 3 rings (SSSR count). The molecule has 13 heteroatoms. The summed E-state index contributed by atoms with van der Waals surface area (Å²) >= 11 is 1.38. The van der Waals surface area contributed by atoms with Gasteiger partial charge in [-0.05, 0) is 6.26 Å². The molecule has 0 bridgehead atoms. The minimum atomic E-state index is -4.71. The molecule has 11 nitrogen and oxygen atoms in total. The number of aliphatic hydroxyl groups is 2. The third kappa shape index (κ3) is 3.32. The molecule has 0 saturated carbocycles. The van der Waals surface area contributed by atoms with Gasteiger partial charge in [-0.25, -0.2) is 19.5 Å². The molecule has 0 aliphatic carbocycles. The number of ether oxygens (including phenoxy) is 1. The molecular weight excluding hydrogens is 366 g/mol. The summed E-state index contributed by atoms with van der Waals surface area (Å²) in [5.41, 5.74) is 0.923. The van der Waals surface area contributed by atoms with Crippen molar-refractivity contribution in [1.29, 1.82) is 0 Å². The Bertz CT molecular complexity index is 783. The molecule has 4 atom stereocenters. The molecule has 1 saturated heterocycles. The van der Waals surface area contributed by atoms with Crippen molar-refractivity contribution < 1.29 is 33.8 Å². The quantitative estimate of drug-likeness (QED) is 0.294. The minimum absolute atomic E-state index is 0.405. The fourth-order valence-corrected chi connectivity index (χ4v) is 3.26. The fourth-order valence-electron chi connectivity index (χ4n) is 2.43. The van der Waals surface area contributed by atoms with Crippen LogP contribution in [0.15, 0.2) is 17.7 Å². The van der Waals surface area contributed by atoms with Crippen LogP contribution in [0.4, 0.5) is 0 Å². The Balaban J connectivity index is 1.86. The molecule has 2 aromatic rings. The van der Waals surface area contributed by atoms with Crippen molar-refractivity contribution in [3.63, 3.8) is 0 Å². The highest BCUT2D eigenvalue weighted by Crippen LogP contribution is 2.38. The van der Waals surface area contributed by atoms with Gasteiger partial charge in [0.15, 0.2) is 11.9 Å². The number of hydrogen-bond donors (Lipinski definition) is 4. The van der Waals surface area contributed by atoms with E-state index in [2.05, 4.69) is 19.5 Å². The van der Waals surface area contributed by atoms with Gasteiger partial charge in [-0.1, -0.05) is 0 Å². The molecule has 0 aromatic carbocycles. The van der Waals surface area contributed by atoms with Gasteiger partial charge in [0.1, 0.15) is 35.2 Å². The van der Waals surface area contributed by atoms with Gasteiger partial charge in [-0.2, -0.15) is 0 Å². The molecule has 24 heavy (non-hydrogen) atoms. The van der Waals surface area contributed by atoms with Gasteiger partial charge < -0.3 is 24.7 Å². The van der Waals surface area contributed by atoms with Crippen molar-refractivity contribution in [1.82, 2.24) is 19.5 Å². The Morgan fingerprint density at radius 3 is 2.75 bits per heavy atom. The molecule has 132 valence electrons. The van der Waals surface area contributed by atoms with E-state index in [1.54, 1.807) is 0 Å². The van der Waals surface area contributed by atoms with E-state index >= 15 is 0 Å². The van der Waals surface area contributed by atoms with Crippen LogP contribution in [0, 0.1) is 0 Å². The second kappa shape index (κ2) is 6.65. The molecule has 2 aromatic heterocycles. The zero-order valence-corrected chi connectivity index (χ0v) is 14.0. The molecule has 4 N–H and O–H groups in total. The average molecular weight is 381 g/mol. The first-order valence-corrected chi connectivity index (χ1v) is 9.50. The number of imidazole rings is 1. The Kier molecular flexibility index (Phi) is 4.91. The Morgan fingerprint density at radius 2 is 2.08 bits per heavy atom. The summed E-state index contributed by atoms with van der Waals surface area (Å²) in [6.45, 7) is -0.573. The lowest BCUT2D eigenvalue weighted by Gasteiger charge is -2.16. The molecule has 0 radical (unpaired) electrons. The second-order valence-electron chi connectivity index (χ2n) is 5.04. The van der Waals surface area contributed by atoms with Crippen molar-refractivity contribution in [3.05, 3.63) is 12.7 Å². The van der Waals surface area contributed by atoms with E-state index in [1.165, 1.54) is 29.0 Å². The van der Waals surface area contributed by atoms with Gasteiger partial charge in [0.05, 0.1) is 12.9 Å². The second-order valence-corrected chi connectivity index (χ2v) is 7.07. The Hall–Kier alpha value is -1.11. The summed E-state index contributed by atoms with van der Waals surface area (Å²) in [5.74, 6) is 0. The highest BCUT2D eigenvalue weighted by molar-refractivity contribution is 7.98. The maximum Gasteiger partial charge on any atom is 0.469 e. The summed E-state index contributed by atoms with van der Waals surface area (Å²) in [7, 11) is -4.71. The number of hydrogen-bond acceptors (Lipinski definition) is 9. The summed E-state index contributed by atoms with van der Waals surface area (Å²) in [5, 5.41) is 20.9. The van der Waals surface area contributed by atoms with Crippen LogP contribution in [0.2, 0.25) is 0 Å². The first kappa shape index (κ1) is 17.7. The summed E-state index contributed by atoms with van der Waals surface area (Å²) in [4.78, 5) is 29.9. The molecule has 0 amide bonds. The molecule has 0 spiro atoms. The number of aromatic nitrogens is 4. The zero-order chi connectivity index (χ0) is 17.5. The van der Waals surface area contributed by atoms with Crippen LogP contribution in [0.3, 0.4) is 0 Å². The molecule has 1 fully saturated rings. The Labute approximate surface area is 139 Å². The SMILES string of the molecule is CSc1ncn[13c]2[13c]1[15n]cn2[C@@H]1O[C@H](COP(=O)(O)O)[C@@H](O)[C@H]1O. The van der Waals surface area contributed by atoms with E-state index in [4.69, 9.17) is 14.5 Å². The lowest BCUT2D eigenvalue weighted by atomic mass is 10.1. The average Bonchev–Trinajstić information content (AvgIpc) is 3.07. The van der Waals surface area contributed by atoms with E-state index in [9.17, 15) is 14.8 Å². The summed E-state index contributed by atoms with van der Waals surface area (Å²) in [6.07, 6.45) is -0.302. The van der Waals surface area contributed by atoms with Gasteiger partial charge >= 0.3 is 7.82 Å². The smallest absolute Gasteiger partial charge is 0.387 e. The van der Waals surface area contributed by atoms with Crippen molar-refractivity contribution in [3.8, 4) is 0 Å². The van der Waals surface area contributed by atoms with E-state index in [-0.39, 0.29) is 0 Å². The minimum Gasteiger partial charge on any atom is -0.387 e. The maximum absolute atomic E-state index is 10.8. The number of aliphatic hydroxyl groups excluding tert-OH is 2. The number of rotatable bonds is 5. The third-order valence-corrected chi connectivity index (χ3v) is 4.71. The predicted octanol–water partition coefficient (Wildman–Crippen LogP) is -0.723. The van der Waals surface area contributed by atoms with Gasteiger partial charge in [0, 0.05) is 0 Å². The van der Waals surface area contributed by atoms with Gasteiger partial charge in [-0.3, -0.25) is 9.09 Å². The number of thioether (sulfide) groups is 1. The van der Waals surface area contributed by atoms with Crippen LogP contribution in [0.5, 0.6) is 0 Å². The molecule has 1 aliphatic rings. The lowest BCUT2D eigenvalue weighted by Crippen LogP contribution is -2.33. The van der Waals surface area contributed by atoms with Crippen molar-refractivity contribution in [2.24, 2.45) is 0 Å². The molecular formula is C11H15N4O7PS. The molecule has 3 heterocycles. The van der Waals surface area contributed by atoms with Crippen LogP contribution >= 0.6 is 19.6 Å². The zero-order valence-electron chi connectivity index (χ0n) is 12.3. The third-order valence-electron chi connectivity index (χ3n) is 3.54. The topological polar surface area (TPSA) is 160 Å². The highest BCUT2D eigenvalue weighted by atomic mass is 32.2. The summed E-state index contributed by atoms with van der Waals surface area (Å²) < 4.78 is 22.0. The molecule has 1 aliphatic heterocycles.